The van der Waals surface area contributed by atoms with Crippen molar-refractivity contribution < 1.29 is 13.5 Å². The lowest BCUT2D eigenvalue weighted by molar-refractivity contribution is 0.413. The van der Waals surface area contributed by atoms with Crippen LogP contribution in [0.5, 0.6) is 5.75 Å². The Labute approximate surface area is 91.9 Å². The van der Waals surface area contributed by atoms with E-state index in [0.717, 1.165) is 0 Å². The summed E-state index contributed by atoms with van der Waals surface area (Å²) >= 11 is 0. The molecule has 0 fully saturated rings. The number of oxazole rings is 1. The first kappa shape index (κ1) is 10.5. The van der Waals surface area contributed by atoms with E-state index in [-0.39, 0.29) is 11.8 Å². The summed E-state index contributed by atoms with van der Waals surface area (Å²) in [6.07, 6.45) is 1.43. The molecule has 0 atom stereocenters. The summed E-state index contributed by atoms with van der Waals surface area (Å²) in [5, 5.41) is 0. The van der Waals surface area contributed by atoms with Crippen LogP contribution in [0.1, 0.15) is 5.56 Å². The van der Waals surface area contributed by atoms with Crippen LogP contribution in [0.15, 0.2) is 22.7 Å². The van der Waals surface area contributed by atoms with E-state index in [0.29, 0.717) is 22.6 Å². The fourth-order valence-corrected chi connectivity index (χ4v) is 1.43. The molecule has 2 aromatic rings. The highest BCUT2D eigenvalue weighted by molar-refractivity contribution is 5.66. The van der Waals surface area contributed by atoms with Gasteiger partial charge in [0, 0.05) is 0 Å². The smallest absolute Gasteiger partial charge is 0.292 e. The fraction of sp³-hybridized carbons (Fsp3) is 0.182. The molecule has 0 unspecified atom stereocenters. The maximum Gasteiger partial charge on any atom is 0.292 e. The van der Waals surface area contributed by atoms with Crippen molar-refractivity contribution in [3.63, 3.8) is 0 Å². The third kappa shape index (κ3) is 1.71. The van der Waals surface area contributed by atoms with E-state index < -0.39 is 0 Å². The van der Waals surface area contributed by atoms with Gasteiger partial charge in [0.1, 0.15) is 11.6 Å². The molecule has 84 valence electrons. The molecule has 1 heterocycles. The van der Waals surface area contributed by atoms with Gasteiger partial charge in [-0.2, -0.15) is 0 Å². The average molecular weight is 222 g/mol. The molecule has 16 heavy (non-hydrogen) atoms. The summed E-state index contributed by atoms with van der Waals surface area (Å²) in [6.45, 7) is 1.66. The summed E-state index contributed by atoms with van der Waals surface area (Å²) < 4.78 is 23.7. The van der Waals surface area contributed by atoms with Crippen molar-refractivity contribution in [2.45, 2.75) is 6.92 Å². The molecular formula is C11H11FN2O2. The van der Waals surface area contributed by atoms with E-state index in [1.807, 2.05) is 0 Å². The number of anilines is 1. The van der Waals surface area contributed by atoms with Gasteiger partial charge in [0.05, 0.1) is 18.9 Å². The lowest BCUT2D eigenvalue weighted by Crippen LogP contribution is -1.91. The number of nitrogens with two attached hydrogens (primary N) is 1. The standard InChI is InChI=1S/C11H11FN2O2/c1-6-3-9(15-2)7(4-8(6)12)10-5-14-11(13)16-10/h3-5H,1-2H3,(H2,13,14). The van der Waals surface area contributed by atoms with Crippen LogP contribution >= 0.6 is 0 Å². The highest BCUT2D eigenvalue weighted by Gasteiger charge is 2.13. The van der Waals surface area contributed by atoms with E-state index >= 15 is 0 Å². The van der Waals surface area contributed by atoms with Gasteiger partial charge >= 0.3 is 0 Å². The van der Waals surface area contributed by atoms with Crippen LogP contribution in [0, 0.1) is 12.7 Å². The Bertz CT molecular complexity index is 523. The predicted molar refractivity (Wildman–Crippen MR) is 57.6 cm³/mol. The van der Waals surface area contributed by atoms with Crippen LogP contribution in [0.3, 0.4) is 0 Å². The number of rotatable bonds is 2. The third-order valence-corrected chi connectivity index (χ3v) is 2.27. The summed E-state index contributed by atoms with van der Waals surface area (Å²) in [5.74, 6) is 0.578. The molecule has 0 radical (unpaired) electrons. The van der Waals surface area contributed by atoms with E-state index in [2.05, 4.69) is 4.98 Å². The quantitative estimate of drug-likeness (QED) is 0.847. The Morgan fingerprint density at radius 3 is 2.75 bits per heavy atom. The maximum atomic E-state index is 13.4. The Hall–Kier alpha value is -2.04. The number of aromatic nitrogens is 1. The van der Waals surface area contributed by atoms with Gasteiger partial charge < -0.3 is 14.9 Å². The van der Waals surface area contributed by atoms with Gasteiger partial charge in [-0.05, 0) is 24.6 Å². The lowest BCUT2D eigenvalue weighted by atomic mass is 10.1. The van der Waals surface area contributed by atoms with Crippen molar-refractivity contribution in [3.05, 3.63) is 29.7 Å². The number of nitrogen functional groups attached to an aromatic ring is 1. The number of hydrogen-bond donors (Lipinski definition) is 1. The molecule has 2 N–H and O–H groups in total. The second-order valence-electron chi connectivity index (χ2n) is 3.36. The minimum absolute atomic E-state index is 0.0398. The zero-order valence-electron chi connectivity index (χ0n) is 8.95. The van der Waals surface area contributed by atoms with Crippen LogP contribution in [0.4, 0.5) is 10.4 Å². The van der Waals surface area contributed by atoms with Crippen molar-refractivity contribution in [2.24, 2.45) is 0 Å². The average Bonchev–Trinajstić information content (AvgIpc) is 2.68. The van der Waals surface area contributed by atoms with Crippen molar-refractivity contribution in [1.82, 2.24) is 4.98 Å². The topological polar surface area (TPSA) is 61.3 Å². The van der Waals surface area contributed by atoms with Gasteiger partial charge in [-0.3, -0.25) is 0 Å². The van der Waals surface area contributed by atoms with Gasteiger partial charge in [-0.15, -0.1) is 0 Å². The second-order valence-corrected chi connectivity index (χ2v) is 3.36. The molecule has 0 saturated heterocycles. The molecule has 0 saturated carbocycles. The highest BCUT2D eigenvalue weighted by atomic mass is 19.1. The molecule has 4 nitrogen and oxygen atoms in total. The first-order valence-electron chi connectivity index (χ1n) is 4.67. The van der Waals surface area contributed by atoms with Crippen LogP contribution in [-0.4, -0.2) is 12.1 Å². The summed E-state index contributed by atoms with van der Waals surface area (Å²) in [7, 11) is 1.51. The van der Waals surface area contributed by atoms with Crippen molar-refractivity contribution in [3.8, 4) is 17.1 Å². The van der Waals surface area contributed by atoms with Gasteiger partial charge in [0.25, 0.3) is 6.01 Å². The van der Waals surface area contributed by atoms with Crippen molar-refractivity contribution in [2.75, 3.05) is 12.8 Å². The SMILES string of the molecule is COc1cc(C)c(F)cc1-c1cnc(N)o1. The molecule has 0 spiro atoms. The summed E-state index contributed by atoms with van der Waals surface area (Å²) in [6, 6.07) is 2.98. The highest BCUT2D eigenvalue weighted by Crippen LogP contribution is 2.32. The lowest BCUT2D eigenvalue weighted by Gasteiger charge is -2.07. The van der Waals surface area contributed by atoms with Crippen LogP contribution in [0.25, 0.3) is 11.3 Å². The minimum atomic E-state index is -0.328. The van der Waals surface area contributed by atoms with Crippen molar-refractivity contribution in [1.29, 1.82) is 0 Å². The second kappa shape index (κ2) is 3.84. The Kier molecular flexibility index (Phi) is 2.52. The normalized spacial score (nSPS) is 10.4. The van der Waals surface area contributed by atoms with E-state index in [1.54, 1.807) is 13.0 Å². The van der Waals surface area contributed by atoms with Gasteiger partial charge in [0.15, 0.2) is 5.76 Å². The third-order valence-electron chi connectivity index (χ3n) is 2.27. The largest absolute Gasteiger partial charge is 0.496 e. The fourth-order valence-electron chi connectivity index (χ4n) is 1.43. The summed E-state index contributed by atoms with van der Waals surface area (Å²) in [4.78, 5) is 3.75. The Morgan fingerprint density at radius 1 is 1.44 bits per heavy atom. The van der Waals surface area contributed by atoms with Crippen molar-refractivity contribution >= 4 is 6.01 Å². The monoisotopic (exact) mass is 222 g/mol. The van der Waals surface area contributed by atoms with E-state index in [9.17, 15) is 4.39 Å². The molecule has 1 aromatic carbocycles. The minimum Gasteiger partial charge on any atom is -0.496 e. The number of benzene rings is 1. The molecule has 1 aromatic heterocycles. The molecule has 0 aliphatic rings. The number of ether oxygens (including phenoxy) is 1. The molecule has 2 rings (SSSR count). The van der Waals surface area contributed by atoms with E-state index in [4.69, 9.17) is 14.9 Å². The van der Waals surface area contributed by atoms with Crippen LogP contribution in [0.2, 0.25) is 0 Å². The van der Waals surface area contributed by atoms with Gasteiger partial charge in [-0.1, -0.05) is 0 Å². The Morgan fingerprint density at radius 2 is 2.19 bits per heavy atom. The molecular weight excluding hydrogens is 211 g/mol. The van der Waals surface area contributed by atoms with Gasteiger partial charge in [-0.25, -0.2) is 9.37 Å². The molecule has 5 heteroatoms. The zero-order valence-corrected chi connectivity index (χ0v) is 8.95. The number of aryl methyl sites for hydroxylation is 1. The zero-order chi connectivity index (χ0) is 11.7. The molecule has 0 amide bonds. The number of halogens is 1. The predicted octanol–water partition coefficient (Wildman–Crippen LogP) is 2.38. The van der Waals surface area contributed by atoms with E-state index in [1.165, 1.54) is 19.4 Å². The summed E-state index contributed by atoms with van der Waals surface area (Å²) in [5.41, 5.74) is 6.37. The number of hydrogen-bond acceptors (Lipinski definition) is 4. The molecule has 0 aliphatic heterocycles. The van der Waals surface area contributed by atoms with Crippen LogP contribution < -0.4 is 10.5 Å². The molecule has 0 bridgehead atoms. The Balaban J connectivity index is 2.59. The first-order valence-corrected chi connectivity index (χ1v) is 4.67. The molecule has 0 aliphatic carbocycles. The maximum absolute atomic E-state index is 13.4. The van der Waals surface area contributed by atoms with Crippen LogP contribution in [-0.2, 0) is 0 Å². The number of methoxy groups -OCH3 is 1. The number of nitrogens with zero attached hydrogens (tertiary/aromatic N) is 1. The first-order chi connectivity index (χ1) is 7.61. The van der Waals surface area contributed by atoms with Gasteiger partial charge in [0.2, 0.25) is 0 Å².